The van der Waals surface area contributed by atoms with Crippen molar-refractivity contribution in [2.24, 2.45) is 0 Å². The Balaban J connectivity index is 1.61. The van der Waals surface area contributed by atoms with Crippen LogP contribution in [-0.4, -0.2) is 32.7 Å². The number of halogens is 2. The van der Waals surface area contributed by atoms with Crippen molar-refractivity contribution in [1.29, 1.82) is 0 Å². The number of carbonyl (C=O) groups excluding carboxylic acids is 2. The van der Waals surface area contributed by atoms with Crippen LogP contribution in [0.3, 0.4) is 0 Å². The normalized spacial score (nSPS) is 11.6. The Kier molecular flexibility index (Phi) is 5.94. The highest BCUT2D eigenvalue weighted by Crippen LogP contribution is 2.31. The number of rotatable bonds is 6. The number of anilines is 1. The molecular formula is C19H15F2NO5S2. The number of carbonyl (C=O) groups is 2. The predicted octanol–water partition coefficient (Wildman–Crippen LogP) is 4.00. The molecule has 0 saturated carbocycles. The number of fused-ring (bicyclic) bond motifs is 1. The first-order chi connectivity index (χ1) is 13.7. The zero-order valence-electron chi connectivity index (χ0n) is 15.0. The van der Waals surface area contributed by atoms with Crippen molar-refractivity contribution in [1.82, 2.24) is 0 Å². The van der Waals surface area contributed by atoms with Crippen molar-refractivity contribution in [3.8, 4) is 0 Å². The summed E-state index contributed by atoms with van der Waals surface area (Å²) in [7, 11) is -4.70. The second-order valence-corrected chi connectivity index (χ2v) is 8.98. The summed E-state index contributed by atoms with van der Waals surface area (Å²) in [4.78, 5) is 24.1. The van der Waals surface area contributed by atoms with E-state index in [2.05, 4.69) is 5.32 Å². The summed E-state index contributed by atoms with van der Waals surface area (Å²) >= 11 is 1.27. The first kappa shape index (κ1) is 20.9. The summed E-state index contributed by atoms with van der Waals surface area (Å²) in [6.45, 7) is 1.24. The summed E-state index contributed by atoms with van der Waals surface area (Å²) in [5, 5.41) is 3.34. The van der Waals surface area contributed by atoms with Crippen LogP contribution in [0.4, 0.5) is 14.5 Å². The zero-order valence-corrected chi connectivity index (χ0v) is 16.6. The number of thiophene rings is 1. The van der Waals surface area contributed by atoms with Crippen molar-refractivity contribution < 1.29 is 31.5 Å². The van der Waals surface area contributed by atoms with Crippen LogP contribution in [0.1, 0.15) is 15.2 Å². The number of sulfone groups is 1. The van der Waals surface area contributed by atoms with Gasteiger partial charge in [0.25, 0.3) is 5.91 Å². The number of ether oxygens (including phenoxy) is 1. The molecule has 152 valence electrons. The lowest BCUT2D eigenvalue weighted by Crippen LogP contribution is -2.21. The Morgan fingerprint density at radius 1 is 1.10 bits per heavy atom. The second-order valence-electron chi connectivity index (χ2n) is 6.01. The number of hydrogen-bond donors (Lipinski definition) is 1. The van der Waals surface area contributed by atoms with E-state index in [0.717, 1.165) is 27.8 Å². The molecule has 0 aliphatic carbocycles. The third kappa shape index (κ3) is 4.43. The quantitative estimate of drug-likeness (QED) is 0.587. The molecule has 10 heteroatoms. The highest BCUT2D eigenvalue weighted by atomic mass is 32.2. The van der Waals surface area contributed by atoms with E-state index in [4.69, 9.17) is 4.74 Å². The number of aryl methyl sites for hydroxylation is 1. The van der Waals surface area contributed by atoms with Gasteiger partial charge in [0.05, 0.1) is 4.90 Å². The number of esters is 1. The van der Waals surface area contributed by atoms with Gasteiger partial charge in [-0.1, -0.05) is 18.2 Å². The lowest BCUT2D eigenvalue weighted by atomic mass is 10.1. The van der Waals surface area contributed by atoms with Gasteiger partial charge in [0.1, 0.15) is 4.88 Å². The fourth-order valence-electron chi connectivity index (χ4n) is 2.59. The van der Waals surface area contributed by atoms with Crippen LogP contribution in [-0.2, 0) is 19.4 Å². The van der Waals surface area contributed by atoms with Gasteiger partial charge in [0.2, 0.25) is 9.84 Å². The first-order valence-electron chi connectivity index (χ1n) is 8.27. The number of hydrogen-bond acceptors (Lipinski definition) is 6. The Hall–Kier alpha value is -2.85. The Labute approximate surface area is 169 Å². The third-order valence-corrected chi connectivity index (χ3v) is 6.72. The summed E-state index contributed by atoms with van der Waals surface area (Å²) < 4.78 is 53.8. The average molecular weight is 439 g/mol. The van der Waals surface area contributed by atoms with E-state index in [9.17, 15) is 26.8 Å². The maximum atomic E-state index is 12.5. The SMILES string of the molecule is Cc1c(C(=O)OCC(=O)Nc2ccc(S(=O)(=O)C(F)F)cc2)sc2ccccc12. The number of nitrogens with one attached hydrogen (secondary N) is 1. The van der Waals surface area contributed by atoms with Crippen LogP contribution in [0.5, 0.6) is 0 Å². The minimum atomic E-state index is -4.70. The first-order valence-corrected chi connectivity index (χ1v) is 10.6. The molecule has 1 amide bonds. The highest BCUT2D eigenvalue weighted by molar-refractivity contribution is 7.91. The van der Waals surface area contributed by atoms with Crippen molar-refractivity contribution in [2.75, 3.05) is 11.9 Å². The maximum absolute atomic E-state index is 12.5. The number of alkyl halides is 2. The van der Waals surface area contributed by atoms with Crippen LogP contribution in [0.2, 0.25) is 0 Å². The molecule has 0 unspecified atom stereocenters. The molecule has 0 aliphatic heterocycles. The molecule has 1 N–H and O–H groups in total. The molecule has 6 nitrogen and oxygen atoms in total. The number of amides is 1. The molecule has 0 bridgehead atoms. The van der Waals surface area contributed by atoms with Crippen LogP contribution in [0, 0.1) is 6.92 Å². The molecule has 3 rings (SSSR count). The van der Waals surface area contributed by atoms with Crippen molar-refractivity contribution in [3.05, 3.63) is 59.0 Å². The molecular weight excluding hydrogens is 424 g/mol. The maximum Gasteiger partial charge on any atom is 0.349 e. The largest absolute Gasteiger partial charge is 0.451 e. The lowest BCUT2D eigenvalue weighted by Gasteiger charge is -2.08. The average Bonchev–Trinajstić information content (AvgIpc) is 3.03. The van der Waals surface area contributed by atoms with E-state index in [0.29, 0.717) is 4.88 Å². The van der Waals surface area contributed by atoms with Gasteiger partial charge in [-0.25, -0.2) is 13.2 Å². The van der Waals surface area contributed by atoms with Crippen LogP contribution < -0.4 is 5.32 Å². The van der Waals surface area contributed by atoms with E-state index in [1.807, 2.05) is 24.3 Å². The van der Waals surface area contributed by atoms with Gasteiger partial charge in [0.15, 0.2) is 6.61 Å². The molecule has 1 aromatic heterocycles. The Morgan fingerprint density at radius 2 is 1.76 bits per heavy atom. The molecule has 29 heavy (non-hydrogen) atoms. The minimum Gasteiger partial charge on any atom is -0.451 e. The number of benzene rings is 2. The minimum absolute atomic E-state index is 0.178. The second kappa shape index (κ2) is 8.26. The fourth-order valence-corrected chi connectivity index (χ4v) is 4.42. The smallest absolute Gasteiger partial charge is 0.349 e. The van der Waals surface area contributed by atoms with Crippen molar-refractivity contribution in [2.45, 2.75) is 17.6 Å². The molecule has 0 aliphatic rings. The van der Waals surface area contributed by atoms with Crippen molar-refractivity contribution in [3.63, 3.8) is 0 Å². The van der Waals surface area contributed by atoms with Crippen LogP contribution in [0.25, 0.3) is 10.1 Å². The van der Waals surface area contributed by atoms with Gasteiger partial charge in [-0.3, -0.25) is 4.79 Å². The molecule has 0 spiro atoms. The summed E-state index contributed by atoms with van der Waals surface area (Å²) in [6.07, 6.45) is 0. The van der Waals surface area contributed by atoms with Gasteiger partial charge < -0.3 is 10.1 Å². The zero-order chi connectivity index (χ0) is 21.2. The molecule has 0 atom stereocenters. The van der Waals surface area contributed by atoms with Crippen LogP contribution in [0.15, 0.2) is 53.4 Å². The Bertz CT molecular complexity index is 1170. The predicted molar refractivity (Wildman–Crippen MR) is 105 cm³/mol. The van der Waals surface area contributed by atoms with E-state index < -0.39 is 39.0 Å². The summed E-state index contributed by atoms with van der Waals surface area (Å²) in [6, 6.07) is 11.8. The van der Waals surface area contributed by atoms with Crippen LogP contribution >= 0.6 is 11.3 Å². The monoisotopic (exact) mass is 439 g/mol. The van der Waals surface area contributed by atoms with Gasteiger partial charge in [0, 0.05) is 10.4 Å². The summed E-state index contributed by atoms with van der Waals surface area (Å²) in [5.41, 5.74) is 0.948. The molecule has 0 fully saturated rings. The molecule has 3 aromatic rings. The van der Waals surface area contributed by atoms with E-state index >= 15 is 0 Å². The third-order valence-electron chi connectivity index (χ3n) is 4.06. The lowest BCUT2D eigenvalue weighted by molar-refractivity contribution is -0.119. The topological polar surface area (TPSA) is 89.5 Å². The van der Waals surface area contributed by atoms with Gasteiger partial charge in [-0.15, -0.1) is 11.3 Å². The van der Waals surface area contributed by atoms with E-state index in [1.165, 1.54) is 23.5 Å². The summed E-state index contributed by atoms with van der Waals surface area (Å²) in [5.74, 6) is -4.81. The van der Waals surface area contributed by atoms with Crippen molar-refractivity contribution >= 4 is 48.8 Å². The van der Waals surface area contributed by atoms with Gasteiger partial charge in [-0.2, -0.15) is 8.78 Å². The highest BCUT2D eigenvalue weighted by Gasteiger charge is 2.26. The standard InChI is InChI=1S/C19H15F2NO5S2/c1-11-14-4-2-3-5-15(14)28-17(11)18(24)27-10-16(23)22-12-6-8-13(9-7-12)29(25,26)19(20)21/h2-9,19H,10H2,1H3,(H,22,23). The van der Waals surface area contributed by atoms with E-state index in [-0.39, 0.29) is 5.69 Å². The molecule has 0 radical (unpaired) electrons. The van der Waals surface area contributed by atoms with Gasteiger partial charge in [-0.05, 0) is 48.2 Å². The Morgan fingerprint density at radius 3 is 2.38 bits per heavy atom. The molecule has 2 aromatic carbocycles. The van der Waals surface area contributed by atoms with Gasteiger partial charge >= 0.3 is 11.7 Å². The fraction of sp³-hybridized carbons (Fsp3) is 0.158. The molecule has 0 saturated heterocycles. The van der Waals surface area contributed by atoms with E-state index in [1.54, 1.807) is 6.92 Å². The molecule has 1 heterocycles.